The number of allylic oxidation sites excluding steroid dienone is 1. The molecule has 0 saturated carbocycles. The summed E-state index contributed by atoms with van der Waals surface area (Å²) in [5.74, 6) is 0.595. The number of nitrogens with zero attached hydrogens (tertiary/aromatic N) is 4. The first-order valence-electron chi connectivity index (χ1n) is 9.22. The first-order chi connectivity index (χ1) is 13.7. The lowest BCUT2D eigenvalue weighted by molar-refractivity contribution is 0.474. The van der Waals surface area contributed by atoms with E-state index in [9.17, 15) is 5.11 Å². The van der Waals surface area contributed by atoms with Gasteiger partial charge in [-0.3, -0.25) is 4.98 Å². The highest BCUT2D eigenvalue weighted by Crippen LogP contribution is 2.34. The van der Waals surface area contributed by atoms with E-state index in [0.29, 0.717) is 11.5 Å². The Kier molecular flexibility index (Phi) is 4.81. The maximum Gasteiger partial charge on any atom is 0.175 e. The Balaban J connectivity index is 1.75. The Morgan fingerprint density at radius 1 is 0.964 bits per heavy atom. The van der Waals surface area contributed by atoms with Crippen LogP contribution >= 0.6 is 0 Å². The molecule has 2 aromatic heterocycles. The molecule has 0 saturated heterocycles. The monoisotopic (exact) mass is 368 g/mol. The van der Waals surface area contributed by atoms with E-state index in [0.717, 1.165) is 39.4 Å². The standard InChI is InChI=1S/C23H20N4O/c1-3-4-7-18-15(2)8-12-19(23(18)28)26-27-20-13-11-17-10-9-16-6-5-14-24-21(16)22(17)25-20/h4-14,28H,3H2,1-2H3/b7-4-,27-26?. The second-order valence-corrected chi connectivity index (χ2v) is 6.56. The summed E-state index contributed by atoms with van der Waals surface area (Å²) in [7, 11) is 0. The van der Waals surface area contributed by atoms with E-state index in [1.165, 1.54) is 0 Å². The van der Waals surface area contributed by atoms with Crippen LogP contribution in [0.15, 0.2) is 71.0 Å². The summed E-state index contributed by atoms with van der Waals surface area (Å²) < 4.78 is 0. The van der Waals surface area contributed by atoms with E-state index < -0.39 is 0 Å². The Hall–Kier alpha value is -3.60. The molecule has 138 valence electrons. The van der Waals surface area contributed by atoms with Gasteiger partial charge >= 0.3 is 0 Å². The third-order valence-electron chi connectivity index (χ3n) is 4.61. The van der Waals surface area contributed by atoms with Crippen LogP contribution < -0.4 is 0 Å². The van der Waals surface area contributed by atoms with Gasteiger partial charge in [0.2, 0.25) is 0 Å². The van der Waals surface area contributed by atoms with Crippen LogP contribution in [0.1, 0.15) is 24.5 Å². The summed E-state index contributed by atoms with van der Waals surface area (Å²) in [4.78, 5) is 9.07. The van der Waals surface area contributed by atoms with E-state index >= 15 is 0 Å². The summed E-state index contributed by atoms with van der Waals surface area (Å²) in [6.07, 6.45) is 6.57. The molecule has 28 heavy (non-hydrogen) atoms. The predicted octanol–water partition coefficient (Wildman–Crippen LogP) is 6.64. The van der Waals surface area contributed by atoms with Crippen molar-refractivity contribution < 1.29 is 5.11 Å². The van der Waals surface area contributed by atoms with Gasteiger partial charge in [0.15, 0.2) is 11.6 Å². The minimum absolute atomic E-state index is 0.126. The Morgan fingerprint density at radius 2 is 1.75 bits per heavy atom. The van der Waals surface area contributed by atoms with E-state index in [4.69, 9.17) is 0 Å². The molecule has 0 radical (unpaired) electrons. The van der Waals surface area contributed by atoms with Gasteiger partial charge < -0.3 is 5.11 Å². The maximum atomic E-state index is 10.6. The summed E-state index contributed by atoms with van der Waals surface area (Å²) in [6.45, 7) is 4.01. The number of azo groups is 1. The minimum Gasteiger partial charge on any atom is -0.505 e. The molecule has 5 nitrogen and oxygen atoms in total. The van der Waals surface area contributed by atoms with Crippen molar-refractivity contribution in [2.24, 2.45) is 10.2 Å². The summed E-state index contributed by atoms with van der Waals surface area (Å²) in [6, 6.07) is 15.4. The number of phenols is 1. The van der Waals surface area contributed by atoms with Crippen molar-refractivity contribution in [2.75, 3.05) is 0 Å². The van der Waals surface area contributed by atoms with E-state index in [1.54, 1.807) is 12.3 Å². The molecule has 0 amide bonds. The van der Waals surface area contributed by atoms with Crippen molar-refractivity contribution in [3.63, 3.8) is 0 Å². The number of hydrogen-bond acceptors (Lipinski definition) is 5. The number of pyridine rings is 2. The quantitative estimate of drug-likeness (QED) is 0.324. The molecule has 4 rings (SSSR count). The first kappa shape index (κ1) is 17.8. The van der Waals surface area contributed by atoms with Crippen molar-refractivity contribution in [3.8, 4) is 5.75 Å². The molecule has 2 aromatic carbocycles. The zero-order valence-electron chi connectivity index (χ0n) is 15.8. The lowest BCUT2D eigenvalue weighted by Gasteiger charge is -2.06. The van der Waals surface area contributed by atoms with Crippen LogP contribution in [-0.4, -0.2) is 15.1 Å². The number of aryl methyl sites for hydroxylation is 1. The number of aromatic nitrogens is 2. The van der Waals surface area contributed by atoms with Gasteiger partial charge in [0.1, 0.15) is 5.69 Å². The Bertz CT molecular complexity index is 1230. The average molecular weight is 368 g/mol. The van der Waals surface area contributed by atoms with Crippen molar-refractivity contribution in [1.29, 1.82) is 0 Å². The Morgan fingerprint density at radius 3 is 2.57 bits per heavy atom. The molecular formula is C23H20N4O. The molecule has 0 fully saturated rings. The molecule has 1 N–H and O–H groups in total. The first-order valence-corrected chi connectivity index (χ1v) is 9.22. The molecule has 0 spiro atoms. The average Bonchev–Trinajstić information content (AvgIpc) is 2.73. The molecular weight excluding hydrogens is 348 g/mol. The van der Waals surface area contributed by atoms with Gasteiger partial charge in [-0.15, -0.1) is 10.2 Å². The fourth-order valence-electron chi connectivity index (χ4n) is 3.10. The van der Waals surface area contributed by atoms with Crippen LogP contribution in [-0.2, 0) is 0 Å². The van der Waals surface area contributed by atoms with Crippen molar-refractivity contribution in [2.45, 2.75) is 20.3 Å². The van der Waals surface area contributed by atoms with Gasteiger partial charge in [-0.2, -0.15) is 0 Å². The second kappa shape index (κ2) is 7.56. The largest absolute Gasteiger partial charge is 0.505 e. The lowest BCUT2D eigenvalue weighted by atomic mass is 10.1. The fraction of sp³-hybridized carbons (Fsp3) is 0.130. The highest BCUT2D eigenvalue weighted by atomic mass is 16.3. The van der Waals surface area contributed by atoms with Gasteiger partial charge in [0, 0.05) is 22.5 Å². The number of fused-ring (bicyclic) bond motifs is 3. The van der Waals surface area contributed by atoms with E-state index in [1.807, 2.05) is 61.5 Å². The summed E-state index contributed by atoms with van der Waals surface area (Å²) >= 11 is 0. The predicted molar refractivity (Wildman–Crippen MR) is 113 cm³/mol. The smallest absolute Gasteiger partial charge is 0.175 e. The molecule has 0 unspecified atom stereocenters. The Labute approximate surface area is 163 Å². The van der Waals surface area contributed by atoms with Crippen LogP contribution in [0.4, 0.5) is 11.5 Å². The zero-order valence-corrected chi connectivity index (χ0v) is 15.8. The normalized spacial score (nSPS) is 11.9. The topological polar surface area (TPSA) is 70.7 Å². The molecule has 0 aliphatic carbocycles. The lowest BCUT2D eigenvalue weighted by Crippen LogP contribution is -1.85. The number of aromatic hydroxyl groups is 1. The second-order valence-electron chi connectivity index (χ2n) is 6.56. The van der Waals surface area contributed by atoms with Crippen LogP contribution in [0.5, 0.6) is 5.75 Å². The number of benzene rings is 2. The van der Waals surface area contributed by atoms with Crippen LogP contribution in [0, 0.1) is 6.92 Å². The molecule has 5 heteroatoms. The molecule has 0 aliphatic rings. The fourth-order valence-corrected chi connectivity index (χ4v) is 3.10. The number of phenolic OH excluding ortho intramolecular Hbond substituents is 1. The molecule has 0 atom stereocenters. The van der Waals surface area contributed by atoms with Gasteiger partial charge in [-0.1, -0.05) is 43.3 Å². The highest BCUT2D eigenvalue weighted by Gasteiger charge is 2.08. The van der Waals surface area contributed by atoms with E-state index in [2.05, 4.69) is 27.1 Å². The number of hydrogen-bond donors (Lipinski definition) is 1. The SMILES string of the molecule is CC/C=C\c1c(C)ccc(N=Nc2ccc3ccc4cccnc4c3n2)c1O. The third kappa shape index (κ3) is 3.34. The van der Waals surface area contributed by atoms with Crippen molar-refractivity contribution in [1.82, 2.24) is 9.97 Å². The van der Waals surface area contributed by atoms with Crippen LogP contribution in [0.25, 0.3) is 27.9 Å². The van der Waals surface area contributed by atoms with Crippen LogP contribution in [0.3, 0.4) is 0 Å². The zero-order chi connectivity index (χ0) is 19.5. The van der Waals surface area contributed by atoms with Gasteiger partial charge in [-0.05, 0) is 43.2 Å². The maximum absolute atomic E-state index is 10.6. The van der Waals surface area contributed by atoms with Crippen molar-refractivity contribution >= 4 is 39.4 Å². The summed E-state index contributed by atoms with van der Waals surface area (Å²) in [5, 5.41) is 21.1. The van der Waals surface area contributed by atoms with Gasteiger partial charge in [-0.25, -0.2) is 4.98 Å². The van der Waals surface area contributed by atoms with E-state index in [-0.39, 0.29) is 5.75 Å². The highest BCUT2D eigenvalue weighted by molar-refractivity contribution is 6.02. The molecule has 2 heterocycles. The number of rotatable bonds is 4. The van der Waals surface area contributed by atoms with Gasteiger partial charge in [0.25, 0.3) is 0 Å². The van der Waals surface area contributed by atoms with Crippen LogP contribution in [0.2, 0.25) is 0 Å². The minimum atomic E-state index is 0.126. The molecule has 4 aromatic rings. The van der Waals surface area contributed by atoms with Gasteiger partial charge in [0.05, 0.1) is 11.0 Å². The molecule has 0 bridgehead atoms. The summed E-state index contributed by atoms with van der Waals surface area (Å²) in [5.41, 5.74) is 3.79. The third-order valence-corrected chi connectivity index (χ3v) is 4.61. The molecule has 0 aliphatic heterocycles. The van der Waals surface area contributed by atoms with Crippen molar-refractivity contribution in [3.05, 3.63) is 71.9 Å².